The predicted molar refractivity (Wildman–Crippen MR) is 140 cm³/mol. The Labute approximate surface area is 227 Å². The molecule has 4 N–H and O–H groups in total. The number of ether oxygens (including phenoxy) is 2. The van der Waals surface area contributed by atoms with Gasteiger partial charge in [-0.1, -0.05) is 0 Å². The van der Waals surface area contributed by atoms with E-state index in [0.717, 1.165) is 5.69 Å². The first kappa shape index (κ1) is 29.4. The second kappa shape index (κ2) is 13.1. The maximum atomic E-state index is 12.9. The van der Waals surface area contributed by atoms with E-state index < -0.39 is 29.2 Å². The molecule has 2 unspecified atom stereocenters. The zero-order chi connectivity index (χ0) is 29.4. The molecule has 40 heavy (non-hydrogen) atoms. The van der Waals surface area contributed by atoms with Gasteiger partial charge >= 0.3 is 11.9 Å². The molecule has 212 valence electrons. The van der Waals surface area contributed by atoms with Crippen LogP contribution in [-0.4, -0.2) is 63.2 Å². The lowest BCUT2D eigenvalue weighted by atomic mass is 9.94. The second-order valence-corrected chi connectivity index (χ2v) is 8.68. The summed E-state index contributed by atoms with van der Waals surface area (Å²) in [6.07, 6.45) is -0.390. The summed E-state index contributed by atoms with van der Waals surface area (Å²) in [4.78, 5) is 70.0. The van der Waals surface area contributed by atoms with Gasteiger partial charge < -0.3 is 25.8 Å². The number of nitrogens with zero attached hydrogens (tertiary/aromatic N) is 6. The first-order valence-electron chi connectivity index (χ1n) is 11.9. The molecule has 0 aliphatic rings. The highest BCUT2D eigenvalue weighted by atomic mass is 17.0. The Balaban J connectivity index is 1.61. The van der Waals surface area contributed by atoms with Crippen molar-refractivity contribution in [1.82, 2.24) is 19.9 Å². The molecule has 0 saturated heterocycles. The Morgan fingerprint density at radius 3 is 2.48 bits per heavy atom. The molecule has 3 aromatic rings. The van der Waals surface area contributed by atoms with Crippen LogP contribution in [0.1, 0.15) is 42.2 Å². The summed E-state index contributed by atoms with van der Waals surface area (Å²) < 4.78 is 9.52. The first-order valence-corrected chi connectivity index (χ1v) is 11.9. The van der Waals surface area contributed by atoms with Gasteiger partial charge in [-0.15, -0.1) is 10.1 Å². The molecular formula is C24H28N8O8. The Hall–Kier alpha value is -5.15. The van der Waals surface area contributed by atoms with Gasteiger partial charge in [0.05, 0.1) is 31.5 Å². The number of benzene rings is 1. The van der Waals surface area contributed by atoms with E-state index in [1.165, 1.54) is 14.0 Å². The molecule has 2 heterocycles. The number of ketones is 1. The summed E-state index contributed by atoms with van der Waals surface area (Å²) in [7, 11) is 3.00. The maximum Gasteiger partial charge on any atom is 0.309 e. The van der Waals surface area contributed by atoms with Crippen LogP contribution >= 0.6 is 0 Å². The number of anilines is 3. The molecule has 0 saturated carbocycles. The summed E-state index contributed by atoms with van der Waals surface area (Å²) >= 11 is 0. The number of nitrogen functional groups attached to an aromatic ring is 2. The summed E-state index contributed by atoms with van der Waals surface area (Å²) in [5.41, 5.74) is 13.8. The van der Waals surface area contributed by atoms with Crippen LogP contribution in [0.25, 0.3) is 11.2 Å². The normalized spacial score (nSPS) is 12.3. The fraction of sp³-hybridized carbons (Fsp3) is 0.375. The zero-order valence-corrected chi connectivity index (χ0v) is 22.0. The Bertz CT molecular complexity index is 1400. The van der Waals surface area contributed by atoms with Crippen molar-refractivity contribution in [1.29, 1.82) is 0 Å². The molecule has 16 nitrogen and oxygen atoms in total. The number of Topliss-reactive ketones (excluding diaryl/α,β-unsaturated/α-hetero) is 1. The third-order valence-corrected chi connectivity index (χ3v) is 5.73. The fourth-order valence-corrected chi connectivity index (χ4v) is 3.79. The average Bonchev–Trinajstić information content (AvgIpc) is 2.90. The molecule has 0 radical (unpaired) electrons. The summed E-state index contributed by atoms with van der Waals surface area (Å²) in [6.45, 7) is 1.55. The van der Waals surface area contributed by atoms with E-state index in [2.05, 4.69) is 24.8 Å². The van der Waals surface area contributed by atoms with Gasteiger partial charge in [-0.05, 0) is 37.6 Å². The fourth-order valence-electron chi connectivity index (χ4n) is 3.79. The number of aromatic nitrogens is 4. The van der Waals surface area contributed by atoms with Crippen molar-refractivity contribution in [2.75, 3.05) is 30.5 Å². The number of rotatable bonds is 13. The lowest BCUT2D eigenvalue weighted by Crippen LogP contribution is -2.24. The van der Waals surface area contributed by atoms with Crippen LogP contribution in [0, 0.1) is 16.0 Å². The van der Waals surface area contributed by atoms with Crippen LogP contribution in [-0.2, 0) is 30.4 Å². The van der Waals surface area contributed by atoms with Crippen LogP contribution in [0.3, 0.4) is 0 Å². The molecule has 0 fully saturated rings. The van der Waals surface area contributed by atoms with Crippen molar-refractivity contribution in [3.8, 4) is 0 Å². The number of nitrogens with two attached hydrogens (primary N) is 2. The van der Waals surface area contributed by atoms with Crippen LogP contribution in [0.2, 0.25) is 0 Å². The van der Waals surface area contributed by atoms with Gasteiger partial charge in [0.15, 0.2) is 22.8 Å². The topological polar surface area (TPSA) is 229 Å². The lowest BCUT2D eigenvalue weighted by Gasteiger charge is -2.19. The quantitative estimate of drug-likeness (QED) is 0.0997. The minimum atomic E-state index is -1.41. The lowest BCUT2D eigenvalue weighted by molar-refractivity contribution is -0.777. The minimum Gasteiger partial charge on any atom is -0.469 e. The van der Waals surface area contributed by atoms with Crippen molar-refractivity contribution in [2.24, 2.45) is 5.92 Å². The summed E-state index contributed by atoms with van der Waals surface area (Å²) in [5.74, 6) is -2.61. The largest absolute Gasteiger partial charge is 0.469 e. The number of esters is 2. The molecule has 0 spiro atoms. The molecule has 0 aliphatic heterocycles. The van der Waals surface area contributed by atoms with Crippen LogP contribution in [0.5, 0.6) is 0 Å². The van der Waals surface area contributed by atoms with Crippen LogP contribution in [0.15, 0.2) is 30.5 Å². The number of hydrogen-bond donors (Lipinski definition) is 2. The summed E-state index contributed by atoms with van der Waals surface area (Å²) in [6, 6.07) is 6.71. The molecule has 2 atom stereocenters. The SMILES string of the molecule is COC(=O)C(CCC(=O)OC(C)O[N+](=O)[O-])CC(=O)c1ccc(N(C)Cc2cnc3nc(N)nc(N)c3n2)cc1. The van der Waals surface area contributed by atoms with Crippen molar-refractivity contribution < 1.29 is 33.8 Å². The van der Waals surface area contributed by atoms with Crippen LogP contribution < -0.4 is 16.4 Å². The highest BCUT2D eigenvalue weighted by molar-refractivity contribution is 5.98. The van der Waals surface area contributed by atoms with E-state index in [4.69, 9.17) is 20.9 Å². The number of hydrogen-bond acceptors (Lipinski definition) is 15. The van der Waals surface area contributed by atoms with Gasteiger partial charge in [-0.3, -0.25) is 19.2 Å². The van der Waals surface area contributed by atoms with Gasteiger partial charge in [0.1, 0.15) is 0 Å². The summed E-state index contributed by atoms with van der Waals surface area (Å²) in [5, 5.41) is 9.23. The molecule has 0 aliphatic carbocycles. The molecule has 16 heteroatoms. The third-order valence-electron chi connectivity index (χ3n) is 5.73. The molecular weight excluding hydrogens is 528 g/mol. The maximum absolute atomic E-state index is 12.9. The number of fused-ring (bicyclic) bond motifs is 1. The second-order valence-electron chi connectivity index (χ2n) is 8.68. The van der Waals surface area contributed by atoms with E-state index in [9.17, 15) is 24.5 Å². The predicted octanol–water partition coefficient (Wildman–Crippen LogP) is 1.46. The first-order chi connectivity index (χ1) is 19.0. The number of carbonyl (C=O) groups excluding carboxylic acids is 3. The van der Waals surface area contributed by atoms with Gasteiger partial charge in [-0.2, -0.15) is 9.97 Å². The number of methoxy groups -OCH3 is 1. The van der Waals surface area contributed by atoms with E-state index in [-0.39, 0.29) is 36.8 Å². The molecule has 0 bridgehead atoms. The van der Waals surface area contributed by atoms with E-state index in [0.29, 0.717) is 29.0 Å². The monoisotopic (exact) mass is 556 g/mol. The smallest absolute Gasteiger partial charge is 0.309 e. The highest BCUT2D eigenvalue weighted by Gasteiger charge is 2.25. The zero-order valence-electron chi connectivity index (χ0n) is 22.0. The highest BCUT2D eigenvalue weighted by Crippen LogP contribution is 2.22. The number of carbonyl (C=O) groups is 3. The van der Waals surface area contributed by atoms with Gasteiger partial charge in [0.25, 0.3) is 5.09 Å². The van der Waals surface area contributed by atoms with Crippen molar-refractivity contribution in [3.63, 3.8) is 0 Å². The third kappa shape index (κ3) is 7.92. The molecule has 3 rings (SSSR count). The Kier molecular flexibility index (Phi) is 9.61. The van der Waals surface area contributed by atoms with E-state index >= 15 is 0 Å². The van der Waals surface area contributed by atoms with Gasteiger partial charge in [0, 0.05) is 31.1 Å². The van der Waals surface area contributed by atoms with Crippen molar-refractivity contribution in [3.05, 3.63) is 51.8 Å². The van der Waals surface area contributed by atoms with Gasteiger partial charge in [-0.25, -0.2) is 9.97 Å². The average molecular weight is 557 g/mol. The van der Waals surface area contributed by atoms with Crippen molar-refractivity contribution in [2.45, 2.75) is 39.0 Å². The van der Waals surface area contributed by atoms with Gasteiger partial charge in [0.2, 0.25) is 12.2 Å². The van der Waals surface area contributed by atoms with E-state index in [1.54, 1.807) is 30.5 Å². The van der Waals surface area contributed by atoms with Crippen molar-refractivity contribution >= 4 is 46.3 Å². The standard InChI is InChI=1S/C24H28N8O8/c1-13(40-32(36)37)39-19(34)9-6-15(23(35)38-3)10-18(33)14-4-7-17(8-5-14)31(2)12-16-11-27-22-20(28-16)21(25)29-24(26)30-22/h4-5,7-8,11,13,15H,6,9-10,12H2,1-3H3,(H4,25,26,27,29,30). The Morgan fingerprint density at radius 1 is 1.12 bits per heavy atom. The van der Waals surface area contributed by atoms with Crippen LogP contribution in [0.4, 0.5) is 17.5 Å². The molecule has 2 aromatic heterocycles. The molecule has 1 aromatic carbocycles. The Morgan fingerprint density at radius 2 is 1.82 bits per heavy atom. The van der Waals surface area contributed by atoms with E-state index in [1.807, 2.05) is 11.9 Å². The molecule has 0 amide bonds. The minimum absolute atomic E-state index is 0.00847.